The topological polar surface area (TPSA) is 79.2 Å². The zero-order chi connectivity index (χ0) is 16.1. The summed E-state index contributed by atoms with van der Waals surface area (Å²) < 4.78 is 1.71. The van der Waals surface area contributed by atoms with Crippen LogP contribution in [0.15, 0.2) is 30.3 Å². The number of nitrogens with one attached hydrogen (secondary N) is 2. The summed E-state index contributed by atoms with van der Waals surface area (Å²) in [5, 5.41) is 19.4. The molecule has 0 aliphatic carbocycles. The van der Waals surface area contributed by atoms with Gasteiger partial charge in [0.25, 0.3) is 0 Å². The molecule has 0 unspecified atom stereocenters. The van der Waals surface area contributed by atoms with Crippen LogP contribution >= 0.6 is 11.6 Å². The predicted molar refractivity (Wildman–Crippen MR) is 86.6 cm³/mol. The average Bonchev–Trinajstić information content (AvgIpc) is 2.79. The first kappa shape index (κ1) is 16.3. The van der Waals surface area contributed by atoms with E-state index in [9.17, 15) is 4.79 Å². The molecule has 3 N–H and O–H groups in total. The van der Waals surface area contributed by atoms with Crippen LogP contribution in [0.2, 0.25) is 5.02 Å². The standard InChI is InChI=1S/C15H19ClN4O2/c1-10-8-14(18-15(22)17-7-6-11(2)21)19-20(10)13-5-3-4-12(16)9-13/h3-5,8-9,11,21H,6-7H2,1-2H3,(H2,17,18,19,22)/t11-/m1/s1. The summed E-state index contributed by atoms with van der Waals surface area (Å²) in [5.41, 5.74) is 1.70. The Morgan fingerprint density at radius 1 is 1.45 bits per heavy atom. The summed E-state index contributed by atoms with van der Waals surface area (Å²) in [5.74, 6) is 0.451. The Morgan fingerprint density at radius 3 is 2.91 bits per heavy atom. The molecule has 118 valence electrons. The van der Waals surface area contributed by atoms with Crippen LogP contribution in [0.5, 0.6) is 0 Å². The van der Waals surface area contributed by atoms with Gasteiger partial charge in [-0.25, -0.2) is 9.48 Å². The number of rotatable bonds is 5. The van der Waals surface area contributed by atoms with Crippen LogP contribution in [-0.2, 0) is 0 Å². The van der Waals surface area contributed by atoms with Crippen LogP contribution in [0, 0.1) is 6.92 Å². The van der Waals surface area contributed by atoms with Crippen LogP contribution < -0.4 is 10.6 Å². The van der Waals surface area contributed by atoms with Gasteiger partial charge < -0.3 is 10.4 Å². The van der Waals surface area contributed by atoms with Gasteiger partial charge in [-0.05, 0) is 38.5 Å². The summed E-state index contributed by atoms with van der Waals surface area (Å²) in [6.07, 6.45) is 0.0632. The fourth-order valence-corrected chi connectivity index (χ4v) is 2.14. The Kier molecular flexibility index (Phi) is 5.41. The lowest BCUT2D eigenvalue weighted by molar-refractivity contribution is 0.184. The number of aliphatic hydroxyl groups excluding tert-OH is 1. The Bertz CT molecular complexity index is 655. The highest BCUT2D eigenvalue weighted by Gasteiger charge is 2.09. The number of amides is 2. The number of urea groups is 1. The van der Waals surface area contributed by atoms with Crippen molar-refractivity contribution in [2.24, 2.45) is 0 Å². The van der Waals surface area contributed by atoms with E-state index in [-0.39, 0.29) is 6.03 Å². The van der Waals surface area contributed by atoms with Gasteiger partial charge >= 0.3 is 6.03 Å². The maximum absolute atomic E-state index is 11.7. The Labute approximate surface area is 134 Å². The molecule has 7 heteroatoms. The minimum absolute atomic E-state index is 0.351. The van der Waals surface area contributed by atoms with Crippen molar-refractivity contribution in [2.45, 2.75) is 26.4 Å². The van der Waals surface area contributed by atoms with Crippen LogP contribution in [0.1, 0.15) is 19.0 Å². The third kappa shape index (κ3) is 4.47. The van der Waals surface area contributed by atoms with E-state index in [0.717, 1.165) is 11.4 Å². The Balaban J connectivity index is 2.02. The summed E-state index contributed by atoms with van der Waals surface area (Å²) >= 11 is 5.98. The number of aromatic nitrogens is 2. The second kappa shape index (κ2) is 7.29. The van der Waals surface area contributed by atoms with E-state index in [1.54, 1.807) is 29.8 Å². The van der Waals surface area contributed by atoms with Gasteiger partial charge in [0, 0.05) is 23.3 Å². The van der Waals surface area contributed by atoms with Crippen molar-refractivity contribution < 1.29 is 9.90 Å². The Hall–Kier alpha value is -2.05. The number of benzene rings is 1. The zero-order valence-corrected chi connectivity index (χ0v) is 13.3. The minimum Gasteiger partial charge on any atom is -0.393 e. The average molecular weight is 323 g/mol. The van der Waals surface area contributed by atoms with E-state index < -0.39 is 6.10 Å². The van der Waals surface area contributed by atoms with Crippen molar-refractivity contribution in [2.75, 3.05) is 11.9 Å². The van der Waals surface area contributed by atoms with E-state index in [0.29, 0.717) is 23.8 Å². The predicted octanol–water partition coefficient (Wildman–Crippen LogP) is 2.73. The number of aliphatic hydroxyl groups is 1. The molecule has 1 aromatic carbocycles. The minimum atomic E-state index is -0.440. The number of carbonyl (C=O) groups excluding carboxylic acids is 1. The SMILES string of the molecule is Cc1cc(NC(=O)NCC[C@@H](C)O)nn1-c1cccc(Cl)c1. The van der Waals surface area contributed by atoms with Crippen LogP contribution in [-0.4, -0.2) is 33.6 Å². The molecule has 2 aromatic rings. The van der Waals surface area contributed by atoms with Gasteiger partial charge in [-0.1, -0.05) is 17.7 Å². The second-order valence-corrected chi connectivity index (χ2v) is 5.52. The molecular formula is C15H19ClN4O2. The van der Waals surface area contributed by atoms with E-state index >= 15 is 0 Å². The fourth-order valence-electron chi connectivity index (χ4n) is 1.96. The molecule has 0 saturated heterocycles. The molecule has 0 saturated carbocycles. The van der Waals surface area contributed by atoms with Crippen molar-refractivity contribution >= 4 is 23.4 Å². The summed E-state index contributed by atoms with van der Waals surface area (Å²) in [4.78, 5) is 11.7. The van der Waals surface area contributed by atoms with Crippen molar-refractivity contribution in [3.63, 3.8) is 0 Å². The van der Waals surface area contributed by atoms with Crippen LogP contribution in [0.25, 0.3) is 5.69 Å². The summed E-state index contributed by atoms with van der Waals surface area (Å²) in [6, 6.07) is 8.74. The molecule has 0 fully saturated rings. The molecule has 6 nitrogen and oxygen atoms in total. The van der Waals surface area contributed by atoms with E-state index in [2.05, 4.69) is 15.7 Å². The molecule has 0 aliphatic rings. The largest absolute Gasteiger partial charge is 0.393 e. The lowest BCUT2D eigenvalue weighted by Crippen LogP contribution is -2.31. The van der Waals surface area contributed by atoms with Gasteiger partial charge in [-0.3, -0.25) is 5.32 Å². The number of hydrogen-bond acceptors (Lipinski definition) is 3. The molecule has 2 amide bonds. The maximum Gasteiger partial charge on any atom is 0.320 e. The number of hydrogen-bond donors (Lipinski definition) is 3. The van der Waals surface area contributed by atoms with Gasteiger partial charge in [-0.15, -0.1) is 5.10 Å². The summed E-state index contributed by atoms with van der Waals surface area (Å²) in [6.45, 7) is 3.97. The monoisotopic (exact) mass is 322 g/mol. The lowest BCUT2D eigenvalue weighted by atomic mass is 10.3. The molecule has 1 aromatic heterocycles. The van der Waals surface area contributed by atoms with Crippen LogP contribution in [0.4, 0.5) is 10.6 Å². The molecule has 22 heavy (non-hydrogen) atoms. The number of nitrogens with zero attached hydrogens (tertiary/aromatic N) is 2. The first-order valence-corrected chi connectivity index (χ1v) is 7.39. The van der Waals surface area contributed by atoms with Crippen LogP contribution in [0.3, 0.4) is 0 Å². The molecule has 1 heterocycles. The van der Waals surface area contributed by atoms with Crippen molar-refractivity contribution in [1.82, 2.24) is 15.1 Å². The Morgan fingerprint density at radius 2 is 2.23 bits per heavy atom. The quantitative estimate of drug-likeness (QED) is 0.792. The highest BCUT2D eigenvalue weighted by molar-refractivity contribution is 6.30. The normalized spacial score (nSPS) is 12.0. The third-order valence-corrected chi connectivity index (χ3v) is 3.26. The maximum atomic E-state index is 11.7. The lowest BCUT2D eigenvalue weighted by Gasteiger charge is -2.07. The number of carbonyl (C=O) groups is 1. The van der Waals surface area contributed by atoms with Gasteiger partial charge in [0.1, 0.15) is 0 Å². The number of anilines is 1. The zero-order valence-electron chi connectivity index (χ0n) is 12.5. The van der Waals surface area contributed by atoms with E-state index in [1.807, 2.05) is 19.1 Å². The van der Waals surface area contributed by atoms with Gasteiger partial charge in [0.2, 0.25) is 0 Å². The first-order chi connectivity index (χ1) is 10.5. The number of aryl methyl sites for hydroxylation is 1. The molecule has 0 bridgehead atoms. The highest BCUT2D eigenvalue weighted by Crippen LogP contribution is 2.18. The van der Waals surface area contributed by atoms with Gasteiger partial charge in [0.05, 0.1) is 11.8 Å². The highest BCUT2D eigenvalue weighted by atomic mass is 35.5. The molecular weight excluding hydrogens is 304 g/mol. The first-order valence-electron chi connectivity index (χ1n) is 7.01. The van der Waals surface area contributed by atoms with Crippen molar-refractivity contribution in [3.05, 3.63) is 41.0 Å². The summed E-state index contributed by atoms with van der Waals surface area (Å²) in [7, 11) is 0. The second-order valence-electron chi connectivity index (χ2n) is 5.08. The molecule has 0 spiro atoms. The third-order valence-electron chi connectivity index (χ3n) is 3.03. The van der Waals surface area contributed by atoms with E-state index in [4.69, 9.17) is 16.7 Å². The van der Waals surface area contributed by atoms with E-state index in [1.165, 1.54) is 0 Å². The fraction of sp³-hybridized carbons (Fsp3) is 0.333. The molecule has 0 aliphatic heterocycles. The molecule has 0 radical (unpaired) electrons. The van der Waals surface area contributed by atoms with Gasteiger partial charge in [0.15, 0.2) is 5.82 Å². The van der Waals surface area contributed by atoms with Crippen molar-refractivity contribution in [1.29, 1.82) is 0 Å². The van der Waals surface area contributed by atoms with Gasteiger partial charge in [-0.2, -0.15) is 0 Å². The molecule has 1 atom stereocenters. The van der Waals surface area contributed by atoms with Crippen molar-refractivity contribution in [3.8, 4) is 5.69 Å². The smallest absolute Gasteiger partial charge is 0.320 e. The molecule has 2 rings (SSSR count). The number of halogens is 1.